The minimum atomic E-state index is -0.664. The summed E-state index contributed by atoms with van der Waals surface area (Å²) >= 11 is 0. The first-order chi connectivity index (χ1) is 11.0. The number of aliphatic hydroxyl groups is 1. The summed E-state index contributed by atoms with van der Waals surface area (Å²) in [6.45, 7) is 2.21. The molecule has 1 unspecified atom stereocenters. The number of fused-ring (bicyclic) bond motifs is 5. The van der Waals surface area contributed by atoms with Crippen molar-refractivity contribution in [2.75, 3.05) is 0 Å². The summed E-state index contributed by atoms with van der Waals surface area (Å²) in [6.07, 6.45) is 16.8. The summed E-state index contributed by atoms with van der Waals surface area (Å²) in [7, 11) is 0. The third-order valence-corrected chi connectivity index (χ3v) is 7.98. The molecule has 0 aliphatic heterocycles. The summed E-state index contributed by atoms with van der Waals surface area (Å²) in [5.74, 6) is 4.72. The van der Waals surface area contributed by atoms with E-state index in [2.05, 4.69) is 18.9 Å². The topological polar surface area (TPSA) is 37.3 Å². The lowest BCUT2D eigenvalue weighted by molar-refractivity contribution is -0.134. The predicted octanol–water partition coefficient (Wildman–Crippen LogP) is 3.88. The molecule has 4 rings (SSSR count). The van der Waals surface area contributed by atoms with Crippen LogP contribution in [0.5, 0.6) is 0 Å². The van der Waals surface area contributed by atoms with Crippen molar-refractivity contribution in [2.45, 2.75) is 70.8 Å². The van der Waals surface area contributed by atoms with Gasteiger partial charge in [-0.05, 0) is 69.1 Å². The maximum atomic E-state index is 12.5. The van der Waals surface area contributed by atoms with E-state index in [4.69, 9.17) is 6.42 Å². The van der Waals surface area contributed by atoms with Gasteiger partial charge in [0.15, 0.2) is 0 Å². The van der Waals surface area contributed by atoms with Gasteiger partial charge in [-0.15, -0.1) is 6.42 Å². The first kappa shape index (κ1) is 15.5. The molecule has 0 spiro atoms. The lowest BCUT2D eigenvalue weighted by Crippen LogP contribution is -2.55. The summed E-state index contributed by atoms with van der Waals surface area (Å²) in [4.78, 5) is 12.5. The molecule has 0 aromatic carbocycles. The fraction of sp³-hybridized carbons (Fsp3) is 0.762. The second-order valence-corrected chi connectivity index (χ2v) is 8.56. The zero-order valence-electron chi connectivity index (χ0n) is 14.2. The van der Waals surface area contributed by atoms with Gasteiger partial charge in [0.05, 0.1) is 0 Å². The average molecular weight is 312 g/mol. The van der Waals surface area contributed by atoms with E-state index in [9.17, 15) is 9.90 Å². The van der Waals surface area contributed by atoms with Crippen LogP contribution in [-0.4, -0.2) is 17.0 Å². The Bertz CT molecular complexity index is 597. The van der Waals surface area contributed by atoms with Gasteiger partial charge in [0, 0.05) is 17.3 Å². The van der Waals surface area contributed by atoms with Crippen LogP contribution in [0.2, 0.25) is 0 Å². The first-order valence-electron chi connectivity index (χ1n) is 9.41. The molecule has 6 atom stereocenters. The molecule has 4 aliphatic carbocycles. The number of carbonyl (C=O) groups excluding carboxylic acids is 1. The lowest BCUT2D eigenvalue weighted by Gasteiger charge is -2.58. The largest absolute Gasteiger partial charge is 0.379 e. The predicted molar refractivity (Wildman–Crippen MR) is 90.5 cm³/mol. The molecule has 0 radical (unpaired) electrons. The molecule has 124 valence electrons. The van der Waals surface area contributed by atoms with Gasteiger partial charge in [-0.2, -0.15) is 0 Å². The summed E-state index contributed by atoms with van der Waals surface area (Å²) in [5, 5.41) is 10.8. The van der Waals surface area contributed by atoms with Gasteiger partial charge in [-0.25, -0.2) is 0 Å². The highest BCUT2D eigenvalue weighted by atomic mass is 16.3. The third-order valence-electron chi connectivity index (χ3n) is 7.98. The van der Waals surface area contributed by atoms with E-state index in [-0.39, 0.29) is 10.8 Å². The Morgan fingerprint density at radius 3 is 2.87 bits per heavy atom. The number of aliphatic hydroxyl groups excluding tert-OH is 1. The van der Waals surface area contributed by atoms with Crippen LogP contribution in [0.15, 0.2) is 11.6 Å². The molecule has 3 saturated carbocycles. The minimum Gasteiger partial charge on any atom is -0.379 e. The Hall–Kier alpha value is -1.07. The van der Waals surface area contributed by atoms with Gasteiger partial charge in [-0.3, -0.25) is 4.79 Å². The maximum Gasteiger partial charge on any atom is 0.139 e. The van der Waals surface area contributed by atoms with Crippen LogP contribution in [0.4, 0.5) is 0 Å². The highest BCUT2D eigenvalue weighted by Gasteiger charge is 2.61. The molecular formula is C21H28O2. The van der Waals surface area contributed by atoms with Gasteiger partial charge in [0.2, 0.25) is 0 Å². The molecule has 0 amide bonds. The van der Waals surface area contributed by atoms with Crippen LogP contribution < -0.4 is 0 Å². The smallest absolute Gasteiger partial charge is 0.139 e. The maximum absolute atomic E-state index is 12.5. The number of ketones is 1. The molecule has 2 heteroatoms. The van der Waals surface area contributed by atoms with Crippen molar-refractivity contribution in [3.8, 4) is 12.3 Å². The van der Waals surface area contributed by atoms with Crippen molar-refractivity contribution in [3.63, 3.8) is 0 Å². The van der Waals surface area contributed by atoms with Gasteiger partial charge in [-0.1, -0.05) is 24.5 Å². The molecule has 4 aliphatic rings. The molecule has 23 heavy (non-hydrogen) atoms. The second kappa shape index (κ2) is 5.21. The van der Waals surface area contributed by atoms with E-state index in [1.165, 1.54) is 12.0 Å². The van der Waals surface area contributed by atoms with E-state index in [1.807, 2.05) is 0 Å². The lowest BCUT2D eigenvalue weighted by atomic mass is 9.45. The van der Waals surface area contributed by atoms with E-state index in [0.717, 1.165) is 51.4 Å². The Balaban J connectivity index is 1.76. The van der Waals surface area contributed by atoms with Crippen molar-refractivity contribution in [2.24, 2.45) is 28.6 Å². The second-order valence-electron chi connectivity index (χ2n) is 8.56. The first-order valence-corrected chi connectivity index (χ1v) is 9.41. The molecule has 0 aromatic rings. The number of carbonyl (C=O) groups is 1. The number of hydrogen-bond donors (Lipinski definition) is 1. The van der Waals surface area contributed by atoms with Crippen molar-refractivity contribution < 1.29 is 9.90 Å². The minimum absolute atomic E-state index is 0.0979. The van der Waals surface area contributed by atoms with Crippen LogP contribution >= 0.6 is 0 Å². The molecule has 0 bridgehead atoms. The average Bonchev–Trinajstić information content (AvgIpc) is 2.89. The summed E-state index contributed by atoms with van der Waals surface area (Å²) < 4.78 is 0. The quantitative estimate of drug-likeness (QED) is 0.589. The summed E-state index contributed by atoms with van der Waals surface area (Å²) in [5.41, 5.74) is 1.14. The van der Waals surface area contributed by atoms with Gasteiger partial charge >= 0.3 is 0 Å². The number of rotatable bonds is 1. The molecular weight excluding hydrogens is 284 g/mol. The number of terminal acetylenes is 1. The Morgan fingerprint density at radius 2 is 2.09 bits per heavy atom. The zero-order chi connectivity index (χ0) is 16.2. The number of Topliss-reactive ketones (excluding diaryl/α,β-unsaturated/α-hetero) is 1. The van der Waals surface area contributed by atoms with Gasteiger partial charge in [0.25, 0.3) is 0 Å². The third kappa shape index (κ3) is 1.89. The van der Waals surface area contributed by atoms with Crippen LogP contribution in [0.1, 0.15) is 64.7 Å². The Morgan fingerprint density at radius 1 is 1.26 bits per heavy atom. The fourth-order valence-electron chi connectivity index (χ4n) is 6.87. The van der Waals surface area contributed by atoms with E-state index in [1.54, 1.807) is 0 Å². The highest BCUT2D eigenvalue weighted by molar-refractivity contribution is 5.87. The van der Waals surface area contributed by atoms with E-state index >= 15 is 0 Å². The Kier molecular flexibility index (Phi) is 3.50. The molecule has 2 nitrogen and oxygen atoms in total. The molecule has 1 N–H and O–H groups in total. The van der Waals surface area contributed by atoms with E-state index < -0.39 is 6.10 Å². The van der Waals surface area contributed by atoms with Crippen molar-refractivity contribution in [1.29, 1.82) is 0 Å². The highest BCUT2D eigenvalue weighted by Crippen LogP contribution is 2.65. The molecule has 0 heterocycles. The van der Waals surface area contributed by atoms with Gasteiger partial charge in [0.1, 0.15) is 11.9 Å². The normalized spacial score (nSPS) is 46.9. The summed E-state index contributed by atoms with van der Waals surface area (Å²) in [6, 6.07) is 0. The van der Waals surface area contributed by atoms with Crippen LogP contribution in [0.3, 0.4) is 0 Å². The van der Waals surface area contributed by atoms with Crippen molar-refractivity contribution in [3.05, 3.63) is 11.6 Å². The standard InChI is InChI=1S/C21H28O2/c1-3-18(22)21-12-5-4-6-14(21)7-8-15-16-9-10-19(23)20(16,2)13-11-17(15)21/h1,6,15-18,22H,4-5,7-13H2,2H3/t15-,16-,17+,18?,20-,21+/m0/s1. The van der Waals surface area contributed by atoms with E-state index in [0.29, 0.717) is 23.5 Å². The van der Waals surface area contributed by atoms with Crippen LogP contribution in [0, 0.1) is 40.9 Å². The van der Waals surface area contributed by atoms with Crippen LogP contribution in [0.25, 0.3) is 0 Å². The Labute approximate surface area is 139 Å². The van der Waals surface area contributed by atoms with Crippen molar-refractivity contribution in [1.82, 2.24) is 0 Å². The molecule has 0 saturated heterocycles. The fourth-order valence-corrected chi connectivity index (χ4v) is 6.87. The molecule has 0 aromatic heterocycles. The van der Waals surface area contributed by atoms with Crippen molar-refractivity contribution >= 4 is 5.78 Å². The van der Waals surface area contributed by atoms with Gasteiger partial charge < -0.3 is 5.11 Å². The SMILES string of the molecule is C#CC(O)[C@]12CCCC=C1CC[C@@H]1[C@H]2CC[C@]2(C)C(=O)CC[C@@H]12. The number of hydrogen-bond acceptors (Lipinski definition) is 2. The molecule has 3 fully saturated rings. The zero-order valence-corrected chi connectivity index (χ0v) is 14.2. The monoisotopic (exact) mass is 312 g/mol. The van der Waals surface area contributed by atoms with Crippen LogP contribution in [-0.2, 0) is 4.79 Å². The number of allylic oxidation sites excluding steroid dienone is 1.